The van der Waals surface area contributed by atoms with Gasteiger partial charge < -0.3 is 10.2 Å². The minimum Gasteiger partial charge on any atom is -0.353 e. The van der Waals surface area contributed by atoms with Crippen LogP contribution in [0.1, 0.15) is 70.8 Å². The van der Waals surface area contributed by atoms with Crippen molar-refractivity contribution >= 4 is 27.5 Å². The van der Waals surface area contributed by atoms with Crippen molar-refractivity contribution in [3.63, 3.8) is 0 Å². The Bertz CT molecular complexity index is 961. The number of carbonyl (C=O) groups excluding carboxylic acids is 2. The topological polar surface area (TPSA) is 86.8 Å². The molecule has 0 aromatic heterocycles. The lowest BCUT2D eigenvalue weighted by atomic mass is 9.96. The molecule has 2 fully saturated rings. The highest BCUT2D eigenvalue weighted by Gasteiger charge is 2.35. The van der Waals surface area contributed by atoms with Crippen molar-refractivity contribution in [2.45, 2.75) is 88.6 Å². The van der Waals surface area contributed by atoms with Gasteiger partial charge in [0.2, 0.25) is 21.8 Å². The number of piperidine rings is 1. The van der Waals surface area contributed by atoms with Crippen LogP contribution in [0.4, 0.5) is 5.69 Å². The van der Waals surface area contributed by atoms with Crippen molar-refractivity contribution in [1.82, 2.24) is 9.62 Å². The minimum atomic E-state index is -3.62. The summed E-state index contributed by atoms with van der Waals surface area (Å²) in [6.45, 7) is 4.23. The van der Waals surface area contributed by atoms with Crippen LogP contribution in [0.5, 0.6) is 0 Å². The highest BCUT2D eigenvalue weighted by atomic mass is 32.2. The van der Waals surface area contributed by atoms with Gasteiger partial charge in [-0.3, -0.25) is 9.59 Å². The highest BCUT2D eigenvalue weighted by Crippen LogP contribution is 2.35. The Balaban J connectivity index is 1.38. The number of nitrogens with one attached hydrogen (secondary N) is 1. The SMILES string of the molecule is CC(=O)N1c2ccc(S(=O)(=O)N3CCC(C(=O)NC4CCCCCC4)CC3)cc2CC1C. The lowest BCUT2D eigenvalue weighted by Gasteiger charge is -2.31. The van der Waals surface area contributed by atoms with E-state index in [1.54, 1.807) is 23.1 Å². The van der Waals surface area contributed by atoms with Gasteiger partial charge in [-0.05, 0) is 62.8 Å². The Labute approximate surface area is 191 Å². The van der Waals surface area contributed by atoms with E-state index >= 15 is 0 Å². The number of anilines is 1. The predicted molar refractivity (Wildman–Crippen MR) is 124 cm³/mol. The summed E-state index contributed by atoms with van der Waals surface area (Å²) in [6, 6.07) is 5.38. The first kappa shape index (κ1) is 23.2. The van der Waals surface area contributed by atoms with E-state index in [1.807, 2.05) is 6.92 Å². The van der Waals surface area contributed by atoms with Crippen LogP contribution in [0.15, 0.2) is 23.1 Å². The van der Waals surface area contributed by atoms with Crippen LogP contribution in [0.25, 0.3) is 0 Å². The molecule has 2 aliphatic heterocycles. The Hall–Kier alpha value is -1.93. The summed E-state index contributed by atoms with van der Waals surface area (Å²) in [5.74, 6) is -0.0597. The quantitative estimate of drug-likeness (QED) is 0.698. The van der Waals surface area contributed by atoms with E-state index in [-0.39, 0.29) is 34.7 Å². The number of hydrogen-bond acceptors (Lipinski definition) is 4. The van der Waals surface area contributed by atoms with Gasteiger partial charge in [0.1, 0.15) is 0 Å². The Morgan fingerprint density at radius 1 is 1.00 bits per heavy atom. The number of rotatable bonds is 4. The molecule has 4 rings (SSSR count). The molecule has 176 valence electrons. The number of fused-ring (bicyclic) bond motifs is 1. The molecule has 32 heavy (non-hydrogen) atoms. The maximum atomic E-state index is 13.3. The summed E-state index contributed by atoms with van der Waals surface area (Å²) < 4.78 is 28.0. The Morgan fingerprint density at radius 3 is 2.28 bits per heavy atom. The molecule has 2 amide bonds. The van der Waals surface area contributed by atoms with Gasteiger partial charge in [0.25, 0.3) is 0 Å². The first-order valence-electron chi connectivity index (χ1n) is 12.0. The third kappa shape index (κ3) is 4.71. The molecule has 8 heteroatoms. The van der Waals surface area contributed by atoms with Crippen LogP contribution in [0, 0.1) is 5.92 Å². The first-order chi connectivity index (χ1) is 15.3. The molecular weight excluding hydrogens is 426 g/mol. The second-order valence-corrected chi connectivity index (χ2v) is 11.5. The summed E-state index contributed by atoms with van der Waals surface area (Å²) >= 11 is 0. The lowest BCUT2D eigenvalue weighted by Crippen LogP contribution is -2.45. The monoisotopic (exact) mass is 461 g/mol. The van der Waals surface area contributed by atoms with Crippen LogP contribution >= 0.6 is 0 Å². The third-order valence-electron chi connectivity index (χ3n) is 7.27. The molecular formula is C24H35N3O4S. The Morgan fingerprint density at radius 2 is 1.66 bits per heavy atom. The fraction of sp³-hybridized carbons (Fsp3) is 0.667. The molecule has 1 saturated heterocycles. The molecule has 1 unspecified atom stereocenters. The van der Waals surface area contributed by atoms with Gasteiger partial charge in [0.15, 0.2) is 0 Å². The number of amides is 2. The molecule has 1 aromatic rings. The Kier molecular flexibility index (Phi) is 6.91. The van der Waals surface area contributed by atoms with Crippen molar-refractivity contribution < 1.29 is 18.0 Å². The second kappa shape index (κ2) is 9.51. The predicted octanol–water partition coefficient (Wildman–Crippen LogP) is 3.22. The van der Waals surface area contributed by atoms with Crippen LogP contribution in [-0.4, -0.2) is 49.7 Å². The van der Waals surface area contributed by atoms with Gasteiger partial charge in [-0.2, -0.15) is 4.31 Å². The molecule has 0 radical (unpaired) electrons. The van der Waals surface area contributed by atoms with Gasteiger partial charge in [-0.15, -0.1) is 0 Å². The van der Waals surface area contributed by atoms with E-state index in [0.717, 1.165) is 24.1 Å². The molecule has 0 spiro atoms. The number of hydrogen-bond donors (Lipinski definition) is 1. The molecule has 2 heterocycles. The summed E-state index contributed by atoms with van der Waals surface area (Å²) in [5, 5.41) is 3.22. The van der Waals surface area contributed by atoms with Crippen LogP contribution in [0.2, 0.25) is 0 Å². The minimum absolute atomic E-state index is 0.0307. The molecule has 1 atom stereocenters. The maximum Gasteiger partial charge on any atom is 0.243 e. The molecule has 0 bridgehead atoms. The van der Waals surface area contributed by atoms with Gasteiger partial charge in [0.05, 0.1) is 4.90 Å². The van der Waals surface area contributed by atoms with Crippen molar-refractivity contribution in [2.24, 2.45) is 5.92 Å². The molecule has 1 N–H and O–H groups in total. The third-order valence-corrected chi connectivity index (χ3v) is 9.16. The summed E-state index contributed by atoms with van der Waals surface area (Å²) in [4.78, 5) is 26.7. The van der Waals surface area contributed by atoms with Gasteiger partial charge >= 0.3 is 0 Å². The van der Waals surface area contributed by atoms with Crippen molar-refractivity contribution in [3.05, 3.63) is 23.8 Å². The van der Waals surface area contributed by atoms with Crippen LogP contribution in [-0.2, 0) is 26.0 Å². The second-order valence-electron chi connectivity index (χ2n) is 9.61. The zero-order valence-corrected chi connectivity index (χ0v) is 20.0. The zero-order chi connectivity index (χ0) is 22.9. The van der Waals surface area contributed by atoms with E-state index in [9.17, 15) is 18.0 Å². The number of sulfonamides is 1. The lowest BCUT2D eigenvalue weighted by molar-refractivity contribution is -0.127. The van der Waals surface area contributed by atoms with Gasteiger partial charge in [-0.25, -0.2) is 8.42 Å². The standard InChI is InChI=1S/C24H35N3O4S/c1-17-15-20-16-22(9-10-23(20)27(17)18(2)28)32(30,31)26-13-11-19(12-14-26)24(29)25-21-7-5-3-4-6-8-21/h9-10,16-17,19,21H,3-8,11-15H2,1-2H3,(H,25,29). The van der Waals surface area contributed by atoms with Crippen molar-refractivity contribution in [3.8, 4) is 0 Å². The van der Waals surface area contributed by atoms with E-state index in [1.165, 1.54) is 36.9 Å². The number of benzene rings is 1. The number of nitrogens with zero attached hydrogens (tertiary/aromatic N) is 2. The summed E-state index contributed by atoms with van der Waals surface area (Å²) in [6.07, 6.45) is 8.70. The van der Waals surface area contributed by atoms with Crippen LogP contribution in [0.3, 0.4) is 0 Å². The molecule has 1 aliphatic carbocycles. The fourth-order valence-electron chi connectivity index (χ4n) is 5.50. The maximum absolute atomic E-state index is 13.3. The van der Waals surface area contributed by atoms with Crippen molar-refractivity contribution in [1.29, 1.82) is 0 Å². The van der Waals surface area contributed by atoms with E-state index < -0.39 is 10.0 Å². The average molecular weight is 462 g/mol. The molecule has 7 nitrogen and oxygen atoms in total. The number of carbonyl (C=O) groups is 2. The normalized spacial score (nSPS) is 23.6. The smallest absolute Gasteiger partial charge is 0.243 e. The average Bonchev–Trinajstić information content (AvgIpc) is 2.91. The van der Waals surface area contributed by atoms with Gasteiger partial charge in [-0.1, -0.05) is 25.7 Å². The fourth-order valence-corrected chi connectivity index (χ4v) is 7.02. The molecule has 1 saturated carbocycles. The summed E-state index contributed by atoms with van der Waals surface area (Å²) in [7, 11) is -3.62. The van der Waals surface area contributed by atoms with E-state index in [2.05, 4.69) is 5.32 Å². The van der Waals surface area contributed by atoms with E-state index in [4.69, 9.17) is 0 Å². The largest absolute Gasteiger partial charge is 0.353 e. The van der Waals surface area contributed by atoms with E-state index in [0.29, 0.717) is 32.4 Å². The zero-order valence-electron chi connectivity index (χ0n) is 19.2. The van der Waals surface area contributed by atoms with Crippen molar-refractivity contribution in [2.75, 3.05) is 18.0 Å². The summed E-state index contributed by atoms with van der Waals surface area (Å²) in [5.41, 5.74) is 1.70. The molecule has 1 aromatic carbocycles. The molecule has 3 aliphatic rings. The van der Waals surface area contributed by atoms with Crippen LogP contribution < -0.4 is 10.2 Å². The van der Waals surface area contributed by atoms with Gasteiger partial charge in [0, 0.05) is 43.7 Å². The highest BCUT2D eigenvalue weighted by molar-refractivity contribution is 7.89. The first-order valence-corrected chi connectivity index (χ1v) is 13.4.